The molecular weight excluding hydrogens is 426 g/mol. The molecule has 0 unspecified atom stereocenters. The molecule has 1 N–H and O–H groups in total. The summed E-state index contributed by atoms with van der Waals surface area (Å²) in [6, 6.07) is 39.8. The van der Waals surface area contributed by atoms with Gasteiger partial charge in [-0.1, -0.05) is 128 Å². The fourth-order valence-corrected chi connectivity index (χ4v) is 5.49. The van der Waals surface area contributed by atoms with Gasteiger partial charge >= 0.3 is 0 Å². The first kappa shape index (κ1) is 23.1. The summed E-state index contributed by atoms with van der Waals surface area (Å²) < 4.78 is 0. The molecule has 0 bridgehead atoms. The summed E-state index contributed by atoms with van der Waals surface area (Å²) in [6.07, 6.45) is 5.46. The third-order valence-electron chi connectivity index (χ3n) is 7.33. The van der Waals surface area contributed by atoms with Crippen molar-refractivity contribution in [2.45, 2.75) is 44.1 Å². The zero-order chi connectivity index (χ0) is 23.9. The lowest BCUT2D eigenvalue weighted by Crippen LogP contribution is -2.36. The number of nitrogens with one attached hydrogen (secondary N) is 1. The highest BCUT2D eigenvalue weighted by molar-refractivity contribution is 5.84. The number of rotatable bonds is 8. The van der Waals surface area contributed by atoms with Gasteiger partial charge in [0, 0.05) is 0 Å². The zero-order valence-corrected chi connectivity index (χ0v) is 20.1. The minimum atomic E-state index is -0.0967. The smallest absolute Gasteiger partial charge is 0.228 e. The molecule has 0 spiro atoms. The summed E-state index contributed by atoms with van der Waals surface area (Å²) in [5.74, 6) is 0.465. The molecule has 5 rings (SSSR count). The number of carbonyl (C=O) groups is 1. The summed E-state index contributed by atoms with van der Waals surface area (Å²) in [7, 11) is 0. The largest absolute Gasteiger partial charge is 0.348 e. The molecule has 1 fully saturated rings. The van der Waals surface area contributed by atoms with E-state index in [1.54, 1.807) is 0 Å². The molecule has 35 heavy (non-hydrogen) atoms. The maximum absolute atomic E-state index is 13.9. The van der Waals surface area contributed by atoms with Gasteiger partial charge in [-0.3, -0.25) is 4.79 Å². The number of hydrogen-bond acceptors (Lipinski definition) is 1. The Morgan fingerprint density at radius 1 is 0.657 bits per heavy atom. The van der Waals surface area contributed by atoms with Gasteiger partial charge < -0.3 is 5.32 Å². The molecule has 1 aliphatic carbocycles. The third kappa shape index (κ3) is 5.71. The molecule has 2 nitrogen and oxygen atoms in total. The zero-order valence-electron chi connectivity index (χ0n) is 20.1. The Kier molecular flexibility index (Phi) is 7.38. The Balaban J connectivity index is 1.43. The van der Waals surface area contributed by atoms with Crippen LogP contribution in [0.3, 0.4) is 0 Å². The summed E-state index contributed by atoms with van der Waals surface area (Å²) in [5.41, 5.74) is 5.89. The van der Waals surface area contributed by atoms with Crippen LogP contribution in [0.4, 0.5) is 0 Å². The number of amides is 1. The molecule has 4 aromatic carbocycles. The Morgan fingerprint density at radius 3 is 1.83 bits per heavy atom. The topological polar surface area (TPSA) is 29.1 Å². The third-order valence-corrected chi connectivity index (χ3v) is 7.33. The van der Waals surface area contributed by atoms with Gasteiger partial charge in [-0.05, 0) is 53.0 Å². The van der Waals surface area contributed by atoms with Crippen LogP contribution in [0.25, 0.3) is 11.1 Å². The summed E-state index contributed by atoms with van der Waals surface area (Å²) >= 11 is 0. The fourth-order valence-electron chi connectivity index (χ4n) is 5.49. The van der Waals surface area contributed by atoms with Crippen LogP contribution < -0.4 is 5.32 Å². The molecule has 0 aliphatic heterocycles. The Bertz CT molecular complexity index is 1200. The van der Waals surface area contributed by atoms with Crippen LogP contribution in [0.1, 0.15) is 54.3 Å². The first-order chi connectivity index (χ1) is 17.3. The van der Waals surface area contributed by atoms with Crippen molar-refractivity contribution in [1.82, 2.24) is 5.32 Å². The highest BCUT2D eigenvalue weighted by atomic mass is 16.2. The molecule has 0 heterocycles. The fraction of sp³-hybridized carbons (Fsp3) is 0.242. The van der Waals surface area contributed by atoms with Crippen LogP contribution in [-0.4, -0.2) is 5.91 Å². The van der Waals surface area contributed by atoms with E-state index in [2.05, 4.69) is 90.2 Å². The van der Waals surface area contributed by atoms with Crippen molar-refractivity contribution in [3.05, 3.63) is 132 Å². The first-order valence-corrected chi connectivity index (χ1v) is 12.8. The van der Waals surface area contributed by atoms with Gasteiger partial charge in [0.15, 0.2) is 0 Å². The van der Waals surface area contributed by atoms with Gasteiger partial charge in [-0.15, -0.1) is 0 Å². The van der Waals surface area contributed by atoms with E-state index in [0.717, 1.165) is 30.4 Å². The molecule has 2 atom stereocenters. The van der Waals surface area contributed by atoms with E-state index in [-0.39, 0.29) is 17.9 Å². The minimum Gasteiger partial charge on any atom is -0.348 e. The lowest BCUT2D eigenvalue weighted by atomic mass is 9.83. The SMILES string of the molecule is O=C(N[C@H](Cc1ccccc1)c1ccc(-c2ccccc2)cc1)[C@@H](c1ccccc1)C1CCCC1. The number of hydrogen-bond donors (Lipinski definition) is 1. The summed E-state index contributed by atoms with van der Waals surface area (Å²) in [4.78, 5) is 13.9. The molecule has 2 heteroatoms. The van der Waals surface area contributed by atoms with Gasteiger partial charge in [-0.25, -0.2) is 0 Å². The average Bonchev–Trinajstić information content (AvgIpc) is 3.45. The number of benzene rings is 4. The second-order valence-corrected chi connectivity index (χ2v) is 9.67. The van der Waals surface area contributed by atoms with Crippen molar-refractivity contribution in [1.29, 1.82) is 0 Å². The van der Waals surface area contributed by atoms with E-state index in [0.29, 0.717) is 5.92 Å². The predicted molar refractivity (Wildman–Crippen MR) is 144 cm³/mol. The van der Waals surface area contributed by atoms with Crippen LogP contribution >= 0.6 is 0 Å². The standard InChI is InChI=1S/C33H33NO/c35-33(32(30-18-10-11-19-30)29-16-8-3-9-17-29)34-31(24-25-12-4-1-5-13-25)28-22-20-27(21-23-28)26-14-6-2-7-15-26/h1-9,12-17,20-23,30-32H,10-11,18-19,24H2,(H,34,35)/t31-,32+/m1/s1. The average molecular weight is 460 g/mol. The van der Waals surface area contributed by atoms with Crippen molar-refractivity contribution in [2.24, 2.45) is 5.92 Å². The van der Waals surface area contributed by atoms with Crippen molar-refractivity contribution in [2.75, 3.05) is 0 Å². The molecule has 176 valence electrons. The molecular formula is C33H33NO. The monoisotopic (exact) mass is 459 g/mol. The molecule has 1 saturated carbocycles. The number of carbonyl (C=O) groups excluding carboxylic acids is 1. The molecule has 4 aromatic rings. The van der Waals surface area contributed by atoms with Crippen LogP contribution in [0.15, 0.2) is 115 Å². The summed E-state index contributed by atoms with van der Waals surface area (Å²) in [6.45, 7) is 0. The van der Waals surface area contributed by atoms with E-state index >= 15 is 0 Å². The van der Waals surface area contributed by atoms with E-state index in [1.807, 2.05) is 30.3 Å². The van der Waals surface area contributed by atoms with Crippen LogP contribution in [0.2, 0.25) is 0 Å². The lowest BCUT2D eigenvalue weighted by molar-refractivity contribution is -0.124. The van der Waals surface area contributed by atoms with Crippen molar-refractivity contribution in [3.8, 4) is 11.1 Å². The first-order valence-electron chi connectivity index (χ1n) is 12.8. The highest BCUT2D eigenvalue weighted by Crippen LogP contribution is 2.38. The van der Waals surface area contributed by atoms with Crippen molar-refractivity contribution >= 4 is 5.91 Å². The van der Waals surface area contributed by atoms with E-state index < -0.39 is 0 Å². The van der Waals surface area contributed by atoms with Gasteiger partial charge in [-0.2, -0.15) is 0 Å². The van der Waals surface area contributed by atoms with Crippen LogP contribution in [0, 0.1) is 5.92 Å². The highest BCUT2D eigenvalue weighted by Gasteiger charge is 2.33. The van der Waals surface area contributed by atoms with Gasteiger partial charge in [0.25, 0.3) is 0 Å². The maximum atomic E-state index is 13.9. The second kappa shape index (κ2) is 11.2. The normalized spacial score (nSPS) is 15.4. The molecule has 0 saturated heterocycles. The molecule has 1 amide bonds. The van der Waals surface area contributed by atoms with Crippen LogP contribution in [-0.2, 0) is 11.2 Å². The Morgan fingerprint density at radius 2 is 1.20 bits per heavy atom. The Hall–Kier alpha value is -3.65. The maximum Gasteiger partial charge on any atom is 0.228 e. The molecule has 1 aliphatic rings. The predicted octanol–water partition coefficient (Wildman–Crippen LogP) is 7.73. The van der Waals surface area contributed by atoms with E-state index in [4.69, 9.17) is 0 Å². The quantitative estimate of drug-likeness (QED) is 0.287. The second-order valence-electron chi connectivity index (χ2n) is 9.67. The Labute approximate surface area is 209 Å². The van der Waals surface area contributed by atoms with Crippen molar-refractivity contribution < 1.29 is 4.79 Å². The van der Waals surface area contributed by atoms with Gasteiger partial charge in [0.2, 0.25) is 5.91 Å². The molecule has 0 aromatic heterocycles. The molecule has 0 radical (unpaired) electrons. The van der Waals surface area contributed by atoms with E-state index in [1.165, 1.54) is 29.5 Å². The lowest BCUT2D eigenvalue weighted by Gasteiger charge is -2.27. The van der Waals surface area contributed by atoms with Crippen LogP contribution in [0.5, 0.6) is 0 Å². The summed E-state index contributed by atoms with van der Waals surface area (Å²) in [5, 5.41) is 3.48. The van der Waals surface area contributed by atoms with Crippen molar-refractivity contribution in [3.63, 3.8) is 0 Å². The van der Waals surface area contributed by atoms with Gasteiger partial charge in [0.05, 0.1) is 12.0 Å². The minimum absolute atomic E-state index is 0.0812. The van der Waals surface area contributed by atoms with Gasteiger partial charge in [0.1, 0.15) is 0 Å². The van der Waals surface area contributed by atoms with E-state index in [9.17, 15) is 4.79 Å².